The zero-order valence-electron chi connectivity index (χ0n) is 14.2. The number of hydrogen-bond donors (Lipinski definition) is 0. The molecule has 2 aliphatic heterocycles. The molecule has 0 spiro atoms. The molecule has 1 saturated heterocycles. The van der Waals surface area contributed by atoms with Gasteiger partial charge in [-0.1, -0.05) is 0 Å². The molecule has 0 saturated carbocycles. The molecule has 4 rings (SSSR count). The van der Waals surface area contributed by atoms with E-state index in [1.165, 1.54) is 12.8 Å². The molecule has 24 heavy (non-hydrogen) atoms. The number of benzene rings is 1. The average Bonchev–Trinajstić information content (AvgIpc) is 3.27. The summed E-state index contributed by atoms with van der Waals surface area (Å²) in [7, 11) is 0. The number of nitrogens with zero attached hydrogens (tertiary/aromatic N) is 2. The number of carbonyl (C=O) groups excluding carboxylic acids is 1. The van der Waals surface area contributed by atoms with Gasteiger partial charge in [-0.15, -0.1) is 0 Å². The number of ether oxygens (including phenoxy) is 2. The molecule has 2 aliphatic rings. The summed E-state index contributed by atoms with van der Waals surface area (Å²) in [4.78, 5) is 15.0. The van der Waals surface area contributed by atoms with Crippen LogP contribution in [0.2, 0.25) is 0 Å². The first-order valence-electron chi connectivity index (χ1n) is 8.48. The normalized spacial score (nSPS) is 16.8. The van der Waals surface area contributed by atoms with Crippen molar-refractivity contribution in [2.24, 2.45) is 0 Å². The van der Waals surface area contributed by atoms with Gasteiger partial charge in [-0.2, -0.15) is 0 Å². The van der Waals surface area contributed by atoms with Gasteiger partial charge in [0.05, 0.1) is 6.54 Å². The largest absolute Gasteiger partial charge is 0.454 e. The van der Waals surface area contributed by atoms with E-state index in [1.807, 2.05) is 38.1 Å². The lowest BCUT2D eigenvalue weighted by molar-refractivity contribution is 0.0944. The second kappa shape index (κ2) is 5.98. The smallest absolute Gasteiger partial charge is 0.231 e. The molecule has 0 N–H and O–H groups in total. The van der Waals surface area contributed by atoms with Crippen molar-refractivity contribution in [1.29, 1.82) is 0 Å². The van der Waals surface area contributed by atoms with Crippen molar-refractivity contribution in [3.63, 3.8) is 0 Å². The number of carbonyl (C=O) groups is 1. The van der Waals surface area contributed by atoms with Gasteiger partial charge in [-0.3, -0.25) is 9.69 Å². The van der Waals surface area contributed by atoms with Gasteiger partial charge in [0.2, 0.25) is 6.79 Å². The Labute approximate surface area is 141 Å². The lowest BCUT2D eigenvalue weighted by atomic mass is 10.1. The Bertz CT molecular complexity index is 788. The maximum atomic E-state index is 12.7. The van der Waals surface area contributed by atoms with Gasteiger partial charge in [0.15, 0.2) is 17.3 Å². The van der Waals surface area contributed by atoms with Crippen molar-refractivity contribution < 1.29 is 14.3 Å². The van der Waals surface area contributed by atoms with Gasteiger partial charge >= 0.3 is 0 Å². The summed E-state index contributed by atoms with van der Waals surface area (Å²) < 4.78 is 13.0. The highest BCUT2D eigenvalue weighted by Crippen LogP contribution is 2.35. The zero-order valence-corrected chi connectivity index (χ0v) is 14.2. The molecule has 0 unspecified atom stereocenters. The maximum absolute atomic E-state index is 12.7. The first-order valence-corrected chi connectivity index (χ1v) is 8.48. The molecule has 5 nitrogen and oxygen atoms in total. The minimum Gasteiger partial charge on any atom is -0.454 e. The molecule has 1 aromatic heterocycles. The van der Waals surface area contributed by atoms with Gasteiger partial charge < -0.3 is 14.0 Å². The highest BCUT2D eigenvalue weighted by atomic mass is 16.7. The van der Waals surface area contributed by atoms with Gasteiger partial charge in [-0.25, -0.2) is 0 Å². The highest BCUT2D eigenvalue weighted by molar-refractivity contribution is 5.99. The predicted octanol–water partition coefficient (Wildman–Crippen LogP) is 3.10. The number of rotatable bonds is 4. The van der Waals surface area contributed by atoms with Gasteiger partial charge in [0.1, 0.15) is 0 Å². The second-order valence-corrected chi connectivity index (χ2v) is 6.56. The van der Waals surface area contributed by atoms with E-state index in [4.69, 9.17) is 9.47 Å². The number of Topliss-reactive ketones (excluding diaryl/α,β-unsaturated/α-hetero) is 1. The van der Waals surface area contributed by atoms with E-state index in [2.05, 4.69) is 9.47 Å². The van der Waals surface area contributed by atoms with E-state index in [1.54, 1.807) is 0 Å². The Kier molecular flexibility index (Phi) is 3.81. The van der Waals surface area contributed by atoms with E-state index in [0.717, 1.165) is 47.2 Å². The third kappa shape index (κ3) is 2.59. The van der Waals surface area contributed by atoms with Crippen LogP contribution in [-0.4, -0.2) is 41.7 Å². The molecule has 0 atom stereocenters. The summed E-state index contributed by atoms with van der Waals surface area (Å²) in [6.07, 6.45) is 2.40. The minimum absolute atomic E-state index is 0.206. The number of hydrogen-bond acceptors (Lipinski definition) is 4. The predicted molar refractivity (Wildman–Crippen MR) is 91.4 cm³/mol. The minimum atomic E-state index is 0.206. The molecule has 0 bridgehead atoms. The molecule has 5 heteroatoms. The van der Waals surface area contributed by atoms with E-state index in [9.17, 15) is 4.79 Å². The number of aryl methyl sites for hydroxylation is 1. The highest BCUT2D eigenvalue weighted by Gasteiger charge is 2.22. The van der Waals surface area contributed by atoms with Gasteiger partial charge in [0, 0.05) is 28.7 Å². The van der Waals surface area contributed by atoms with Crippen LogP contribution in [0.3, 0.4) is 0 Å². The maximum Gasteiger partial charge on any atom is 0.231 e. The molecule has 1 aromatic carbocycles. The molecule has 2 aromatic rings. The van der Waals surface area contributed by atoms with Crippen LogP contribution < -0.4 is 9.47 Å². The van der Waals surface area contributed by atoms with Crippen molar-refractivity contribution in [2.45, 2.75) is 26.7 Å². The Morgan fingerprint density at radius 2 is 1.83 bits per heavy atom. The molecule has 3 heterocycles. The monoisotopic (exact) mass is 326 g/mol. The third-order valence-electron chi connectivity index (χ3n) is 4.91. The standard InChI is InChI=1S/C19H22N2O3/c1-13-9-16(17(22)11-20-7-3-4-8-20)14(2)21(13)15-5-6-18-19(10-15)24-12-23-18/h5-6,9-10H,3-4,7-8,11-12H2,1-2H3. The van der Waals surface area contributed by atoms with Crippen LogP contribution in [-0.2, 0) is 0 Å². The average molecular weight is 326 g/mol. The van der Waals surface area contributed by atoms with Crippen molar-refractivity contribution in [2.75, 3.05) is 26.4 Å². The van der Waals surface area contributed by atoms with Crippen LogP contribution in [0.25, 0.3) is 5.69 Å². The molecule has 126 valence electrons. The van der Waals surface area contributed by atoms with Crippen molar-refractivity contribution >= 4 is 5.78 Å². The quantitative estimate of drug-likeness (QED) is 0.810. The number of ketones is 1. The summed E-state index contributed by atoms with van der Waals surface area (Å²) in [5.74, 6) is 1.73. The fourth-order valence-electron chi connectivity index (χ4n) is 3.70. The summed E-state index contributed by atoms with van der Waals surface area (Å²) in [5.41, 5.74) is 3.85. The number of likely N-dealkylation sites (tertiary alicyclic amines) is 1. The molecule has 0 radical (unpaired) electrons. The van der Waals surface area contributed by atoms with Crippen LogP contribution in [0.15, 0.2) is 24.3 Å². The molecular weight excluding hydrogens is 304 g/mol. The lowest BCUT2D eigenvalue weighted by Crippen LogP contribution is -2.27. The third-order valence-corrected chi connectivity index (χ3v) is 4.91. The second-order valence-electron chi connectivity index (χ2n) is 6.56. The van der Waals surface area contributed by atoms with Crippen molar-refractivity contribution in [3.8, 4) is 17.2 Å². The fourth-order valence-corrected chi connectivity index (χ4v) is 3.70. The van der Waals surface area contributed by atoms with E-state index < -0.39 is 0 Å². The SMILES string of the molecule is Cc1cc(C(=O)CN2CCCC2)c(C)n1-c1ccc2c(c1)OCO2. The first kappa shape index (κ1) is 15.3. The van der Waals surface area contributed by atoms with Crippen LogP contribution >= 0.6 is 0 Å². The summed E-state index contributed by atoms with van der Waals surface area (Å²) >= 11 is 0. The molecule has 1 fully saturated rings. The van der Waals surface area contributed by atoms with Crippen LogP contribution in [0.4, 0.5) is 0 Å². The van der Waals surface area contributed by atoms with Crippen molar-refractivity contribution in [3.05, 3.63) is 41.2 Å². The van der Waals surface area contributed by atoms with E-state index >= 15 is 0 Å². The Hall–Kier alpha value is -2.27. The number of fused-ring (bicyclic) bond motifs is 1. The Morgan fingerprint density at radius 3 is 2.62 bits per heavy atom. The van der Waals surface area contributed by atoms with Gasteiger partial charge in [-0.05, 0) is 58.0 Å². The van der Waals surface area contributed by atoms with Crippen LogP contribution in [0.1, 0.15) is 34.6 Å². The molecular formula is C19H22N2O3. The fraction of sp³-hybridized carbons (Fsp3) is 0.421. The number of aromatic nitrogens is 1. The summed E-state index contributed by atoms with van der Waals surface area (Å²) in [5, 5.41) is 0. The molecule has 0 amide bonds. The summed E-state index contributed by atoms with van der Waals surface area (Å²) in [6, 6.07) is 7.89. The molecule has 0 aliphatic carbocycles. The Morgan fingerprint density at radius 1 is 1.08 bits per heavy atom. The van der Waals surface area contributed by atoms with E-state index in [0.29, 0.717) is 6.54 Å². The van der Waals surface area contributed by atoms with Gasteiger partial charge in [0.25, 0.3) is 0 Å². The van der Waals surface area contributed by atoms with Crippen LogP contribution in [0.5, 0.6) is 11.5 Å². The van der Waals surface area contributed by atoms with E-state index in [-0.39, 0.29) is 12.6 Å². The van der Waals surface area contributed by atoms with Crippen LogP contribution in [0, 0.1) is 13.8 Å². The zero-order chi connectivity index (χ0) is 16.7. The first-order chi connectivity index (χ1) is 11.6. The van der Waals surface area contributed by atoms with Crippen molar-refractivity contribution in [1.82, 2.24) is 9.47 Å². The lowest BCUT2D eigenvalue weighted by Gasteiger charge is -2.14. The Balaban J connectivity index is 1.65. The topological polar surface area (TPSA) is 43.7 Å². The summed E-state index contributed by atoms with van der Waals surface area (Å²) in [6.45, 7) is 6.89.